The van der Waals surface area contributed by atoms with Gasteiger partial charge in [0, 0.05) is 36.7 Å². The van der Waals surface area contributed by atoms with Gasteiger partial charge in [0.15, 0.2) is 12.5 Å². The van der Waals surface area contributed by atoms with E-state index in [0.29, 0.717) is 42.7 Å². The molecule has 0 aromatic heterocycles. The Kier molecular flexibility index (Phi) is 9.33. The second-order valence-electron chi connectivity index (χ2n) is 11.5. The third kappa shape index (κ3) is 7.16. The Morgan fingerprint density at radius 1 is 1.22 bits per heavy atom. The van der Waals surface area contributed by atoms with Crippen molar-refractivity contribution in [2.75, 3.05) is 26.2 Å². The van der Waals surface area contributed by atoms with Crippen molar-refractivity contribution in [3.63, 3.8) is 0 Å². The third-order valence-corrected chi connectivity index (χ3v) is 8.20. The highest BCUT2D eigenvalue weighted by Gasteiger charge is 2.39. The Morgan fingerprint density at radius 3 is 2.57 bits per heavy atom. The number of nitrogens with zero attached hydrogens (tertiary/aromatic N) is 4. The van der Waals surface area contributed by atoms with Gasteiger partial charge in [-0.05, 0) is 62.0 Å². The Balaban J connectivity index is 1.31. The molecule has 8 nitrogen and oxygen atoms in total. The molecule has 0 spiro atoms. The molecule has 0 radical (unpaired) electrons. The summed E-state index contributed by atoms with van der Waals surface area (Å²) in [6.07, 6.45) is 8.99. The monoisotopic (exact) mass is 528 g/mol. The van der Waals surface area contributed by atoms with Crippen LogP contribution in [0, 0.1) is 22.8 Å². The maximum absolute atomic E-state index is 12.6. The van der Waals surface area contributed by atoms with Crippen LogP contribution >= 0.6 is 11.6 Å². The number of benzene rings is 1. The van der Waals surface area contributed by atoms with E-state index in [2.05, 4.69) is 37.6 Å². The van der Waals surface area contributed by atoms with Crippen molar-refractivity contribution >= 4 is 23.2 Å². The molecule has 3 aliphatic rings. The minimum absolute atomic E-state index is 0.153. The van der Waals surface area contributed by atoms with Gasteiger partial charge in [0.25, 0.3) is 0 Å². The lowest BCUT2D eigenvalue weighted by atomic mass is 9.72. The first-order valence-corrected chi connectivity index (χ1v) is 14.0. The molecule has 1 aromatic carbocycles. The van der Waals surface area contributed by atoms with Crippen LogP contribution in [-0.2, 0) is 9.53 Å². The molecule has 9 heteroatoms. The third-order valence-electron chi connectivity index (χ3n) is 7.95. The van der Waals surface area contributed by atoms with Crippen LogP contribution in [0.4, 0.5) is 0 Å². The minimum atomic E-state index is -0.461. The Hall–Kier alpha value is -2.34. The molecule has 1 aromatic rings. The number of nitriles is 1. The van der Waals surface area contributed by atoms with Gasteiger partial charge < -0.3 is 9.64 Å². The van der Waals surface area contributed by atoms with Crippen molar-refractivity contribution in [3.05, 3.63) is 34.9 Å². The van der Waals surface area contributed by atoms with E-state index in [0.717, 1.165) is 49.4 Å². The number of likely N-dealkylation sites (tertiary alicyclic amines) is 1. The summed E-state index contributed by atoms with van der Waals surface area (Å²) in [6, 6.07) is 7.38. The zero-order chi connectivity index (χ0) is 26.4. The van der Waals surface area contributed by atoms with E-state index in [4.69, 9.17) is 21.4 Å². The fourth-order valence-corrected chi connectivity index (χ4v) is 5.86. The standard InChI is InChI=1S/C28H41ClN6O2/c1-28(2,3)21-9-13-23(14-10-21)37-17-5-15-31-27(32-19-30)35-18-24(34-16-4-6-25(34)36)26(33-35)20-7-11-22(29)12-8-20/h7-8,11-12,21,23-24,27,31-32H,4-6,9-10,13-18H2,1-3H3. The average Bonchev–Trinajstić information content (AvgIpc) is 3.49. The van der Waals surface area contributed by atoms with Crippen molar-refractivity contribution in [2.24, 2.45) is 16.4 Å². The highest BCUT2D eigenvalue weighted by molar-refractivity contribution is 6.30. The summed E-state index contributed by atoms with van der Waals surface area (Å²) < 4.78 is 6.17. The smallest absolute Gasteiger partial charge is 0.223 e. The fourth-order valence-electron chi connectivity index (χ4n) is 5.74. The first kappa shape index (κ1) is 27.7. The van der Waals surface area contributed by atoms with Crippen molar-refractivity contribution in [1.29, 1.82) is 5.26 Å². The summed E-state index contributed by atoms with van der Waals surface area (Å²) in [5, 5.41) is 23.0. The molecule has 1 amide bonds. The first-order chi connectivity index (χ1) is 17.8. The number of carbonyl (C=O) groups is 1. The predicted octanol–water partition coefficient (Wildman–Crippen LogP) is 4.31. The van der Waals surface area contributed by atoms with Crippen molar-refractivity contribution in [2.45, 2.75) is 84.2 Å². The molecule has 2 unspecified atom stereocenters. The van der Waals surface area contributed by atoms with E-state index in [9.17, 15) is 10.1 Å². The van der Waals surface area contributed by atoms with Gasteiger partial charge in [-0.2, -0.15) is 10.4 Å². The quantitative estimate of drug-likeness (QED) is 0.203. The van der Waals surface area contributed by atoms with Crippen LogP contribution in [0.15, 0.2) is 29.4 Å². The maximum atomic E-state index is 12.6. The molecule has 2 atom stereocenters. The van der Waals surface area contributed by atoms with Crippen molar-refractivity contribution in [1.82, 2.24) is 20.5 Å². The fraction of sp³-hybridized carbons (Fsp3) is 0.679. The molecule has 2 heterocycles. The van der Waals surface area contributed by atoms with Gasteiger partial charge in [-0.15, -0.1) is 0 Å². The lowest BCUT2D eigenvalue weighted by molar-refractivity contribution is -0.128. The molecule has 202 valence electrons. The van der Waals surface area contributed by atoms with Crippen LogP contribution < -0.4 is 10.6 Å². The Bertz CT molecular complexity index is 978. The molecular weight excluding hydrogens is 488 g/mol. The topological polar surface area (TPSA) is 93.0 Å². The Labute approximate surface area is 226 Å². The van der Waals surface area contributed by atoms with Crippen LogP contribution in [0.3, 0.4) is 0 Å². The summed E-state index contributed by atoms with van der Waals surface area (Å²) in [7, 11) is 0. The maximum Gasteiger partial charge on any atom is 0.223 e. The molecular formula is C28H41ClN6O2. The normalized spacial score (nSPS) is 25.2. The average molecular weight is 529 g/mol. The van der Waals surface area contributed by atoms with Gasteiger partial charge >= 0.3 is 0 Å². The number of hydrogen-bond donors (Lipinski definition) is 2. The van der Waals surface area contributed by atoms with Gasteiger partial charge in [-0.25, -0.2) is 0 Å². The summed E-state index contributed by atoms with van der Waals surface area (Å²) >= 11 is 6.10. The number of hydrogen-bond acceptors (Lipinski definition) is 7. The zero-order valence-electron chi connectivity index (χ0n) is 22.4. The van der Waals surface area contributed by atoms with E-state index in [1.165, 1.54) is 12.8 Å². The van der Waals surface area contributed by atoms with Crippen LogP contribution in [0.1, 0.15) is 71.3 Å². The number of amides is 1. The number of carbonyl (C=O) groups excluding carboxylic acids is 1. The van der Waals surface area contributed by atoms with Crippen LogP contribution in [0.2, 0.25) is 5.02 Å². The number of hydrazone groups is 1. The summed E-state index contributed by atoms with van der Waals surface area (Å²) in [5.41, 5.74) is 2.14. The summed E-state index contributed by atoms with van der Waals surface area (Å²) in [6.45, 7) is 9.64. The number of rotatable bonds is 10. The summed E-state index contributed by atoms with van der Waals surface area (Å²) in [5.74, 6) is 0.935. The molecule has 2 aliphatic heterocycles. The lowest BCUT2D eigenvalue weighted by Crippen LogP contribution is -2.53. The predicted molar refractivity (Wildman–Crippen MR) is 146 cm³/mol. The number of nitrogens with one attached hydrogen (secondary N) is 2. The van der Waals surface area contributed by atoms with Crippen LogP contribution in [0.5, 0.6) is 0 Å². The molecule has 1 aliphatic carbocycles. The molecule has 4 rings (SSSR count). The molecule has 37 heavy (non-hydrogen) atoms. The zero-order valence-corrected chi connectivity index (χ0v) is 23.1. The second-order valence-corrected chi connectivity index (χ2v) is 11.9. The first-order valence-electron chi connectivity index (χ1n) is 13.7. The van der Waals surface area contributed by atoms with Gasteiger partial charge in [-0.1, -0.05) is 44.5 Å². The van der Waals surface area contributed by atoms with E-state index in [-0.39, 0.29) is 11.9 Å². The number of halogens is 1. The van der Waals surface area contributed by atoms with Crippen molar-refractivity contribution < 1.29 is 9.53 Å². The van der Waals surface area contributed by atoms with Gasteiger partial charge in [0.2, 0.25) is 5.91 Å². The molecule has 1 saturated carbocycles. The molecule has 1 saturated heterocycles. The van der Waals surface area contributed by atoms with Gasteiger partial charge in [0.1, 0.15) is 0 Å². The summed E-state index contributed by atoms with van der Waals surface area (Å²) in [4.78, 5) is 14.5. The van der Waals surface area contributed by atoms with E-state index in [1.807, 2.05) is 34.2 Å². The van der Waals surface area contributed by atoms with Crippen molar-refractivity contribution in [3.8, 4) is 6.19 Å². The molecule has 0 bridgehead atoms. The van der Waals surface area contributed by atoms with Gasteiger partial charge in [0.05, 0.1) is 24.4 Å². The molecule has 2 N–H and O–H groups in total. The highest BCUT2D eigenvalue weighted by Crippen LogP contribution is 2.38. The SMILES string of the molecule is CC(C)(C)C1CCC(OCCCNC(NC#N)N2CC(N3CCCC3=O)C(c3ccc(Cl)cc3)=N2)CC1. The van der Waals surface area contributed by atoms with Crippen LogP contribution in [0.25, 0.3) is 0 Å². The van der Waals surface area contributed by atoms with Gasteiger partial charge in [-0.3, -0.25) is 20.4 Å². The van der Waals surface area contributed by atoms with E-state index >= 15 is 0 Å². The van der Waals surface area contributed by atoms with E-state index < -0.39 is 6.29 Å². The second kappa shape index (κ2) is 12.5. The molecule has 2 fully saturated rings. The number of ether oxygens (including phenoxy) is 1. The largest absolute Gasteiger partial charge is 0.378 e. The minimum Gasteiger partial charge on any atom is -0.378 e. The highest BCUT2D eigenvalue weighted by atomic mass is 35.5. The van der Waals surface area contributed by atoms with E-state index in [1.54, 1.807) is 0 Å². The Morgan fingerprint density at radius 2 is 1.95 bits per heavy atom. The lowest BCUT2D eigenvalue weighted by Gasteiger charge is -2.36. The van der Waals surface area contributed by atoms with Crippen LogP contribution in [-0.4, -0.2) is 66.2 Å².